The van der Waals surface area contributed by atoms with Crippen molar-refractivity contribution in [2.75, 3.05) is 13.7 Å². The number of pyridine rings is 1. The van der Waals surface area contributed by atoms with Crippen LogP contribution < -0.4 is 10.1 Å². The molecule has 0 atom stereocenters. The van der Waals surface area contributed by atoms with Crippen LogP contribution >= 0.6 is 0 Å². The molecule has 1 aromatic heterocycles. The molecule has 0 saturated carbocycles. The molecule has 3 aromatic carbocycles. The summed E-state index contributed by atoms with van der Waals surface area (Å²) in [5.41, 5.74) is 4.34. The second-order valence-corrected chi connectivity index (χ2v) is 6.79. The van der Waals surface area contributed by atoms with Crippen LogP contribution in [-0.4, -0.2) is 24.5 Å². The number of hydrogen-bond acceptors (Lipinski definition) is 3. The van der Waals surface area contributed by atoms with E-state index < -0.39 is 0 Å². The Kier molecular flexibility index (Phi) is 5.52. The first-order valence-electron chi connectivity index (χ1n) is 9.61. The van der Waals surface area contributed by atoms with Crippen LogP contribution in [0.4, 0.5) is 0 Å². The largest absolute Gasteiger partial charge is 0.497 e. The Morgan fingerprint density at radius 2 is 1.66 bits per heavy atom. The van der Waals surface area contributed by atoms with Gasteiger partial charge in [0.05, 0.1) is 23.9 Å². The van der Waals surface area contributed by atoms with E-state index in [2.05, 4.69) is 17.4 Å². The molecule has 1 heterocycles. The third kappa shape index (κ3) is 4.27. The number of benzene rings is 3. The number of amides is 1. The van der Waals surface area contributed by atoms with Gasteiger partial charge in [0.2, 0.25) is 0 Å². The average Bonchev–Trinajstić information content (AvgIpc) is 2.79. The van der Waals surface area contributed by atoms with Crippen molar-refractivity contribution in [3.8, 4) is 17.0 Å². The summed E-state index contributed by atoms with van der Waals surface area (Å²) in [5.74, 6) is 0.697. The van der Waals surface area contributed by atoms with Gasteiger partial charge in [-0.05, 0) is 48.4 Å². The van der Waals surface area contributed by atoms with E-state index in [4.69, 9.17) is 9.72 Å². The summed E-state index contributed by atoms with van der Waals surface area (Å²) in [6.07, 6.45) is 0.793. The molecule has 0 fully saturated rings. The highest BCUT2D eigenvalue weighted by Gasteiger charge is 2.13. The lowest BCUT2D eigenvalue weighted by atomic mass is 10.0. The highest BCUT2D eigenvalue weighted by Crippen LogP contribution is 2.26. The summed E-state index contributed by atoms with van der Waals surface area (Å²) in [5, 5.41) is 3.90. The number of rotatable bonds is 6. The average molecular weight is 382 g/mol. The van der Waals surface area contributed by atoms with Gasteiger partial charge in [0.15, 0.2) is 0 Å². The van der Waals surface area contributed by atoms with Crippen molar-refractivity contribution in [1.82, 2.24) is 10.3 Å². The molecule has 0 spiro atoms. The van der Waals surface area contributed by atoms with Crippen LogP contribution in [0.2, 0.25) is 0 Å². The Hall–Kier alpha value is -3.66. The van der Waals surface area contributed by atoms with E-state index >= 15 is 0 Å². The molecule has 0 aliphatic heterocycles. The molecular formula is C25H22N2O2. The standard InChI is InChI=1S/C25H22N2O2/c1-29-20-13-11-19(12-14-20)24-17-22(21-9-5-6-10-23(21)27-24)25(28)26-16-15-18-7-3-2-4-8-18/h2-14,17H,15-16H2,1H3,(H,26,28). The molecule has 4 rings (SSSR count). The van der Waals surface area contributed by atoms with Gasteiger partial charge in [0.25, 0.3) is 5.91 Å². The van der Waals surface area contributed by atoms with Gasteiger partial charge in [-0.2, -0.15) is 0 Å². The zero-order valence-electron chi connectivity index (χ0n) is 16.3. The smallest absolute Gasteiger partial charge is 0.252 e. The highest BCUT2D eigenvalue weighted by atomic mass is 16.5. The maximum absolute atomic E-state index is 13.0. The normalized spacial score (nSPS) is 10.7. The minimum absolute atomic E-state index is 0.0886. The van der Waals surface area contributed by atoms with Gasteiger partial charge in [0.1, 0.15) is 5.75 Å². The van der Waals surface area contributed by atoms with E-state index in [0.29, 0.717) is 12.1 Å². The molecule has 4 heteroatoms. The van der Waals surface area contributed by atoms with Crippen LogP contribution in [0.25, 0.3) is 22.2 Å². The fourth-order valence-electron chi connectivity index (χ4n) is 3.33. The van der Waals surface area contributed by atoms with E-state index in [9.17, 15) is 4.79 Å². The first-order valence-corrected chi connectivity index (χ1v) is 9.61. The zero-order chi connectivity index (χ0) is 20.1. The van der Waals surface area contributed by atoms with Crippen LogP contribution in [0.15, 0.2) is 84.9 Å². The molecule has 4 aromatic rings. The fraction of sp³-hybridized carbons (Fsp3) is 0.120. The molecule has 0 unspecified atom stereocenters. The highest BCUT2D eigenvalue weighted by molar-refractivity contribution is 6.07. The summed E-state index contributed by atoms with van der Waals surface area (Å²) in [4.78, 5) is 17.7. The van der Waals surface area contributed by atoms with Crippen LogP contribution in [0.3, 0.4) is 0 Å². The van der Waals surface area contributed by atoms with Crippen LogP contribution in [0.1, 0.15) is 15.9 Å². The Bertz CT molecular complexity index is 1120. The topological polar surface area (TPSA) is 51.2 Å². The Morgan fingerprint density at radius 3 is 2.41 bits per heavy atom. The van der Waals surface area contributed by atoms with Crippen LogP contribution in [-0.2, 0) is 6.42 Å². The third-order valence-electron chi connectivity index (χ3n) is 4.89. The van der Waals surface area contributed by atoms with Crippen molar-refractivity contribution in [3.63, 3.8) is 0 Å². The van der Waals surface area contributed by atoms with E-state index in [-0.39, 0.29) is 5.91 Å². The SMILES string of the molecule is COc1ccc(-c2cc(C(=O)NCCc3ccccc3)c3ccccc3n2)cc1. The number of nitrogens with zero attached hydrogens (tertiary/aromatic N) is 1. The molecule has 144 valence electrons. The Balaban J connectivity index is 1.62. The fourth-order valence-corrected chi connectivity index (χ4v) is 3.33. The van der Waals surface area contributed by atoms with Crippen molar-refractivity contribution in [1.29, 1.82) is 0 Å². The van der Waals surface area contributed by atoms with Gasteiger partial charge in [-0.1, -0.05) is 48.5 Å². The van der Waals surface area contributed by atoms with Gasteiger partial charge >= 0.3 is 0 Å². The lowest BCUT2D eigenvalue weighted by Crippen LogP contribution is -2.26. The van der Waals surface area contributed by atoms with Crippen molar-refractivity contribution in [2.45, 2.75) is 6.42 Å². The van der Waals surface area contributed by atoms with Gasteiger partial charge in [0, 0.05) is 17.5 Å². The summed E-state index contributed by atoms with van der Waals surface area (Å²) in [7, 11) is 1.64. The minimum Gasteiger partial charge on any atom is -0.497 e. The molecule has 4 nitrogen and oxygen atoms in total. The first-order chi connectivity index (χ1) is 14.2. The van der Waals surface area contributed by atoms with Gasteiger partial charge in [-0.15, -0.1) is 0 Å². The number of ether oxygens (including phenoxy) is 1. The summed E-state index contributed by atoms with van der Waals surface area (Å²) >= 11 is 0. The molecule has 1 N–H and O–H groups in total. The number of hydrogen-bond donors (Lipinski definition) is 1. The third-order valence-corrected chi connectivity index (χ3v) is 4.89. The van der Waals surface area contributed by atoms with Crippen molar-refractivity contribution in [3.05, 3.63) is 96.1 Å². The number of nitrogens with one attached hydrogen (secondary N) is 1. The van der Waals surface area contributed by atoms with E-state index in [1.54, 1.807) is 7.11 Å². The quantitative estimate of drug-likeness (QED) is 0.517. The van der Waals surface area contributed by atoms with Crippen molar-refractivity contribution in [2.24, 2.45) is 0 Å². The monoisotopic (exact) mass is 382 g/mol. The molecule has 29 heavy (non-hydrogen) atoms. The van der Waals surface area contributed by atoms with Crippen molar-refractivity contribution >= 4 is 16.8 Å². The number of aromatic nitrogens is 1. The zero-order valence-corrected chi connectivity index (χ0v) is 16.3. The molecule has 0 bridgehead atoms. The molecular weight excluding hydrogens is 360 g/mol. The maximum Gasteiger partial charge on any atom is 0.252 e. The Morgan fingerprint density at radius 1 is 0.931 bits per heavy atom. The van der Waals surface area contributed by atoms with E-state index in [1.807, 2.05) is 72.8 Å². The lowest BCUT2D eigenvalue weighted by Gasteiger charge is -2.11. The predicted molar refractivity (Wildman–Crippen MR) is 116 cm³/mol. The van der Waals surface area contributed by atoms with Crippen LogP contribution in [0.5, 0.6) is 5.75 Å². The molecule has 0 aliphatic carbocycles. The van der Waals surface area contributed by atoms with Crippen molar-refractivity contribution < 1.29 is 9.53 Å². The summed E-state index contributed by atoms with van der Waals surface area (Å²) < 4.78 is 5.23. The van der Waals surface area contributed by atoms with E-state index in [1.165, 1.54) is 5.56 Å². The number of para-hydroxylation sites is 1. The molecule has 1 amide bonds. The number of methoxy groups -OCH3 is 1. The second-order valence-electron chi connectivity index (χ2n) is 6.79. The summed E-state index contributed by atoms with van der Waals surface area (Å²) in [6, 6.07) is 27.4. The Labute approximate surface area is 170 Å². The van der Waals surface area contributed by atoms with Gasteiger partial charge in [-0.3, -0.25) is 4.79 Å². The summed E-state index contributed by atoms with van der Waals surface area (Å²) in [6.45, 7) is 0.581. The number of carbonyl (C=O) groups excluding carboxylic acids is 1. The van der Waals surface area contributed by atoms with E-state index in [0.717, 1.165) is 34.3 Å². The number of fused-ring (bicyclic) bond motifs is 1. The molecule has 0 aliphatic rings. The molecule has 0 radical (unpaired) electrons. The van der Waals surface area contributed by atoms with Gasteiger partial charge in [-0.25, -0.2) is 4.98 Å². The van der Waals surface area contributed by atoms with Gasteiger partial charge < -0.3 is 10.1 Å². The maximum atomic E-state index is 13.0. The first kappa shape index (κ1) is 18.7. The predicted octanol–water partition coefficient (Wildman–Crippen LogP) is 4.88. The minimum atomic E-state index is -0.0886. The lowest BCUT2D eigenvalue weighted by molar-refractivity contribution is 0.0956. The van der Waals surface area contributed by atoms with Crippen LogP contribution in [0, 0.1) is 0 Å². The number of carbonyl (C=O) groups is 1. The molecule has 0 saturated heterocycles. The second kappa shape index (κ2) is 8.57.